The van der Waals surface area contributed by atoms with Gasteiger partial charge in [-0.1, -0.05) is 38.5 Å². The van der Waals surface area contributed by atoms with Crippen LogP contribution >= 0.6 is 0 Å². The highest BCUT2D eigenvalue weighted by Crippen LogP contribution is 2.30. The Morgan fingerprint density at radius 2 is 1.44 bits per heavy atom. The van der Waals surface area contributed by atoms with E-state index in [4.69, 9.17) is 22.9 Å². The van der Waals surface area contributed by atoms with Crippen LogP contribution in [0.3, 0.4) is 0 Å². The summed E-state index contributed by atoms with van der Waals surface area (Å²) in [5.74, 6) is 0.222. The van der Waals surface area contributed by atoms with Gasteiger partial charge in [-0.2, -0.15) is 0 Å². The van der Waals surface area contributed by atoms with Crippen molar-refractivity contribution < 1.29 is 35.4 Å². The van der Waals surface area contributed by atoms with Gasteiger partial charge in [0.05, 0.1) is 18.1 Å². The van der Waals surface area contributed by atoms with Crippen molar-refractivity contribution in [3.63, 3.8) is 0 Å². The average Bonchev–Trinajstić information content (AvgIpc) is 3.79. The van der Waals surface area contributed by atoms with E-state index in [9.17, 15) is 35.4 Å². The van der Waals surface area contributed by atoms with Crippen LogP contribution in [-0.4, -0.2) is 140 Å². The van der Waals surface area contributed by atoms with E-state index >= 15 is 0 Å². The van der Waals surface area contributed by atoms with Gasteiger partial charge in [0, 0.05) is 44.7 Å². The van der Waals surface area contributed by atoms with E-state index < -0.39 is 55.5 Å². The van der Waals surface area contributed by atoms with Gasteiger partial charge in [0.2, 0.25) is 5.91 Å². The van der Waals surface area contributed by atoms with Gasteiger partial charge in [-0.05, 0) is 70.1 Å². The average molecular weight is 718 g/mol. The number of rotatable bonds is 24. The van der Waals surface area contributed by atoms with Gasteiger partial charge in [-0.15, -0.1) is 0 Å². The van der Waals surface area contributed by atoms with Crippen LogP contribution in [0.5, 0.6) is 0 Å². The predicted molar refractivity (Wildman–Crippen MR) is 191 cm³/mol. The number of carbonyl (C=O) groups excluding carboxylic acids is 1. The SMILES string of the molecule is NCC(N)CC(NC(O)CCC(=O)NCCCCCC(O)N1CCCC1C(O)N1CCCC1C(N)O)C(O)NC(CC1CCCCC1)C(N)O. The number of hydrogen-bond donors (Lipinski definition) is 13. The smallest absolute Gasteiger partial charge is 0.220 e. The van der Waals surface area contributed by atoms with Crippen LogP contribution in [0.25, 0.3) is 0 Å². The molecule has 0 aromatic carbocycles. The number of aliphatic hydroxyl groups is 6. The molecular formula is C34H71N9O7. The molecule has 3 aliphatic rings. The number of aliphatic hydroxyl groups excluding tert-OH is 6. The van der Waals surface area contributed by atoms with Crippen molar-refractivity contribution in [1.82, 2.24) is 25.8 Å². The minimum absolute atomic E-state index is 0.0790. The Hall–Kier alpha value is -1.09. The monoisotopic (exact) mass is 718 g/mol. The van der Waals surface area contributed by atoms with Gasteiger partial charge in [-0.3, -0.25) is 25.2 Å². The first-order valence-electron chi connectivity index (χ1n) is 19.3. The second-order valence-electron chi connectivity index (χ2n) is 15.0. The zero-order valence-electron chi connectivity index (χ0n) is 30.1. The minimum Gasteiger partial charge on any atom is -0.379 e. The number of unbranched alkanes of at least 4 members (excludes halogenated alkanes) is 2. The Kier molecular flexibility index (Phi) is 19.8. The molecule has 0 spiro atoms. The third-order valence-corrected chi connectivity index (χ3v) is 11.0. The standard InChI is InChI=1S/C34H71N9O7/c35-21-23(36)20-25(33(49)41-24(31(37)47)19-22-9-3-1-4-10-22)40-29(45)15-14-28(44)39-16-6-2-5-13-30(46)42-17-8-12-27(42)34(50)43-18-7-11-26(43)32(38)48/h22-27,29-34,40-41,45-50H,1-21,35-38H2,(H,39,44). The molecule has 16 heteroatoms. The molecule has 0 aromatic heterocycles. The van der Waals surface area contributed by atoms with Crippen molar-refractivity contribution in [2.75, 3.05) is 26.2 Å². The van der Waals surface area contributed by atoms with E-state index in [0.29, 0.717) is 38.4 Å². The van der Waals surface area contributed by atoms with Gasteiger partial charge in [0.1, 0.15) is 37.4 Å². The molecule has 50 heavy (non-hydrogen) atoms. The Labute approximate surface area is 298 Å². The summed E-state index contributed by atoms with van der Waals surface area (Å²) in [7, 11) is 0. The van der Waals surface area contributed by atoms with Crippen molar-refractivity contribution in [1.29, 1.82) is 0 Å². The maximum absolute atomic E-state index is 12.5. The summed E-state index contributed by atoms with van der Waals surface area (Å²) < 4.78 is 0. The van der Waals surface area contributed by atoms with Crippen molar-refractivity contribution in [3.8, 4) is 0 Å². The lowest BCUT2D eigenvalue weighted by Gasteiger charge is -2.39. The zero-order valence-corrected chi connectivity index (χ0v) is 30.1. The molecule has 16 nitrogen and oxygen atoms in total. The number of hydrogen-bond acceptors (Lipinski definition) is 15. The third-order valence-electron chi connectivity index (χ3n) is 11.0. The molecule has 0 radical (unpaired) electrons. The zero-order chi connectivity index (χ0) is 36.6. The highest BCUT2D eigenvalue weighted by molar-refractivity contribution is 5.75. The second-order valence-corrected chi connectivity index (χ2v) is 15.0. The minimum atomic E-state index is -1.16. The molecule has 3 rings (SSSR count). The van der Waals surface area contributed by atoms with Gasteiger partial charge in [0.15, 0.2) is 0 Å². The number of nitrogens with two attached hydrogens (primary N) is 4. The van der Waals surface area contributed by atoms with E-state index in [1.165, 1.54) is 6.42 Å². The molecule has 11 atom stereocenters. The maximum Gasteiger partial charge on any atom is 0.220 e. The van der Waals surface area contributed by atoms with Crippen LogP contribution in [0.4, 0.5) is 0 Å². The van der Waals surface area contributed by atoms with E-state index in [1.54, 1.807) is 0 Å². The summed E-state index contributed by atoms with van der Waals surface area (Å²) in [5.41, 5.74) is 23.4. The third kappa shape index (κ3) is 14.4. The molecule has 0 aromatic rings. The molecule has 1 aliphatic carbocycles. The molecule has 2 heterocycles. The van der Waals surface area contributed by atoms with Gasteiger partial charge < -0.3 is 58.9 Å². The number of likely N-dealkylation sites (tertiary alicyclic amines) is 2. The lowest BCUT2D eigenvalue weighted by Crippen LogP contribution is -2.59. The van der Waals surface area contributed by atoms with Crippen LogP contribution in [-0.2, 0) is 4.79 Å². The Balaban J connectivity index is 1.33. The Morgan fingerprint density at radius 3 is 2.10 bits per heavy atom. The lowest BCUT2D eigenvalue weighted by atomic mass is 9.84. The van der Waals surface area contributed by atoms with Crippen LogP contribution < -0.4 is 38.9 Å². The molecule has 294 valence electrons. The number of nitrogens with zero attached hydrogens (tertiary/aromatic N) is 2. The number of amides is 1. The number of nitrogens with one attached hydrogen (secondary N) is 3. The Bertz CT molecular complexity index is 936. The molecule has 3 fully saturated rings. The molecule has 11 unspecified atom stereocenters. The van der Waals surface area contributed by atoms with Gasteiger partial charge in [0.25, 0.3) is 0 Å². The largest absolute Gasteiger partial charge is 0.379 e. The fraction of sp³-hybridized carbons (Fsp3) is 0.971. The van der Waals surface area contributed by atoms with Crippen LogP contribution in [0.15, 0.2) is 0 Å². The summed E-state index contributed by atoms with van der Waals surface area (Å²) in [6.07, 6.45) is 7.01. The fourth-order valence-electron chi connectivity index (χ4n) is 8.08. The quantitative estimate of drug-likeness (QED) is 0.0371. The normalized spacial score (nSPS) is 26.6. The van der Waals surface area contributed by atoms with E-state index in [-0.39, 0.29) is 43.8 Å². The highest BCUT2D eigenvalue weighted by atomic mass is 16.3. The first-order chi connectivity index (χ1) is 23.9. The van der Waals surface area contributed by atoms with Crippen LogP contribution in [0.1, 0.15) is 109 Å². The fourth-order valence-corrected chi connectivity index (χ4v) is 8.08. The van der Waals surface area contributed by atoms with Crippen LogP contribution in [0, 0.1) is 5.92 Å². The van der Waals surface area contributed by atoms with Crippen molar-refractivity contribution in [3.05, 3.63) is 0 Å². The van der Waals surface area contributed by atoms with Crippen molar-refractivity contribution in [2.24, 2.45) is 28.9 Å². The molecular weight excluding hydrogens is 646 g/mol. The summed E-state index contributed by atoms with van der Waals surface area (Å²) >= 11 is 0. The first-order valence-corrected chi connectivity index (χ1v) is 19.3. The molecule has 17 N–H and O–H groups in total. The topological polar surface area (TPSA) is 285 Å². The van der Waals surface area contributed by atoms with Crippen LogP contribution in [0.2, 0.25) is 0 Å². The van der Waals surface area contributed by atoms with Crippen molar-refractivity contribution in [2.45, 2.75) is 177 Å². The molecule has 1 saturated carbocycles. The summed E-state index contributed by atoms with van der Waals surface area (Å²) in [4.78, 5) is 16.3. The number of carbonyl (C=O) groups is 1. The van der Waals surface area contributed by atoms with Gasteiger partial charge in [-0.25, -0.2) is 0 Å². The predicted octanol–water partition coefficient (Wildman–Crippen LogP) is -2.24. The lowest BCUT2D eigenvalue weighted by molar-refractivity contribution is -0.121. The summed E-state index contributed by atoms with van der Waals surface area (Å²) in [6.45, 7) is 2.04. The summed E-state index contributed by atoms with van der Waals surface area (Å²) in [6, 6.07) is -2.12. The Morgan fingerprint density at radius 1 is 0.760 bits per heavy atom. The first kappa shape index (κ1) is 43.3. The van der Waals surface area contributed by atoms with Crippen molar-refractivity contribution >= 4 is 5.91 Å². The van der Waals surface area contributed by atoms with E-state index in [0.717, 1.165) is 70.6 Å². The van der Waals surface area contributed by atoms with E-state index in [2.05, 4.69) is 16.0 Å². The highest BCUT2D eigenvalue weighted by Gasteiger charge is 2.42. The second kappa shape index (κ2) is 22.9. The summed E-state index contributed by atoms with van der Waals surface area (Å²) in [5, 5.41) is 72.8. The molecule has 1 amide bonds. The molecule has 0 bridgehead atoms. The van der Waals surface area contributed by atoms with Gasteiger partial charge >= 0.3 is 0 Å². The molecule has 2 aliphatic heterocycles. The van der Waals surface area contributed by atoms with E-state index in [1.807, 2.05) is 9.80 Å². The molecule has 2 saturated heterocycles. The maximum atomic E-state index is 12.5.